The van der Waals surface area contributed by atoms with E-state index in [9.17, 15) is 63.3 Å². The average Bonchev–Trinajstić information content (AvgIpc) is 4.01. The molecule has 8 atom stereocenters. The topological polar surface area (TPSA) is 432 Å². The molecule has 72 heavy (non-hydrogen) atoms. The molecule has 0 aliphatic rings. The van der Waals surface area contributed by atoms with E-state index in [0.717, 1.165) is 0 Å². The number of aromatic amines is 2. The molecule has 2 heterocycles. The second-order valence-corrected chi connectivity index (χ2v) is 18.2. The fourth-order valence-corrected chi connectivity index (χ4v) is 7.69. The molecule has 0 fully saturated rings. The Hall–Kier alpha value is -7.10. The Labute approximate surface area is 418 Å². The van der Waals surface area contributed by atoms with Crippen molar-refractivity contribution in [3.05, 3.63) is 54.2 Å². The summed E-state index contributed by atoms with van der Waals surface area (Å²) in [6.07, 6.45) is 4.43. The van der Waals surface area contributed by atoms with Gasteiger partial charge in [0.25, 0.3) is 0 Å². The van der Waals surface area contributed by atoms with Crippen LogP contribution in [0.2, 0.25) is 0 Å². The second kappa shape index (κ2) is 29.9. The highest BCUT2D eigenvalue weighted by Gasteiger charge is 2.36. The minimum atomic E-state index is -1.82. The smallest absolute Gasteiger partial charge is 0.326 e. The van der Waals surface area contributed by atoms with Crippen LogP contribution in [0.4, 0.5) is 0 Å². The van der Waals surface area contributed by atoms with Crippen LogP contribution in [-0.4, -0.2) is 168 Å². The lowest BCUT2D eigenvalue weighted by molar-refractivity contribution is -0.144. The van der Waals surface area contributed by atoms with Crippen LogP contribution in [0.3, 0.4) is 0 Å². The maximum absolute atomic E-state index is 14.3. The van der Waals surface area contributed by atoms with Gasteiger partial charge in [0.05, 0.1) is 25.4 Å². The zero-order valence-corrected chi connectivity index (χ0v) is 40.9. The van der Waals surface area contributed by atoms with Crippen molar-refractivity contribution >= 4 is 81.9 Å². The number of aromatic nitrogens is 3. The number of carbonyl (C=O) groups is 10. The predicted molar refractivity (Wildman–Crippen MR) is 260 cm³/mol. The fourth-order valence-electron chi connectivity index (χ4n) is 7.22. The largest absolute Gasteiger partial charge is 0.481 e. The molecular weight excluding hydrogens is 965 g/mol. The van der Waals surface area contributed by atoms with Gasteiger partial charge in [0.2, 0.25) is 41.4 Å². The molecule has 7 amide bonds. The number of carboxylic acids is 3. The molecular formula is C45H66N12O14S. The number of nitrogens with two attached hydrogens (primary N) is 2. The number of nitrogens with zero attached hydrogens (tertiary/aromatic N) is 1. The van der Waals surface area contributed by atoms with E-state index in [0.29, 0.717) is 34.3 Å². The zero-order chi connectivity index (χ0) is 53.5. The van der Waals surface area contributed by atoms with E-state index in [1.807, 2.05) is 0 Å². The summed E-state index contributed by atoms with van der Waals surface area (Å²) in [6.45, 7) is 2.26. The molecule has 0 saturated carbocycles. The molecule has 0 aliphatic heterocycles. The van der Waals surface area contributed by atoms with E-state index >= 15 is 0 Å². The number of nitrogens with one attached hydrogen (secondary N) is 9. The number of thioether (sulfide) groups is 1. The van der Waals surface area contributed by atoms with E-state index in [1.165, 1.54) is 24.3 Å². The molecule has 3 aromatic rings. The molecule has 0 spiro atoms. The van der Waals surface area contributed by atoms with Gasteiger partial charge in [-0.25, -0.2) is 9.78 Å². The van der Waals surface area contributed by atoms with Crippen molar-refractivity contribution in [3.8, 4) is 0 Å². The van der Waals surface area contributed by atoms with Crippen LogP contribution in [0.5, 0.6) is 0 Å². The summed E-state index contributed by atoms with van der Waals surface area (Å²) in [6, 6.07) is -4.98. The number of aliphatic hydroxyl groups excluding tert-OH is 1. The zero-order valence-electron chi connectivity index (χ0n) is 40.1. The highest BCUT2D eigenvalue weighted by Crippen LogP contribution is 2.20. The van der Waals surface area contributed by atoms with Gasteiger partial charge in [-0.15, -0.1) is 0 Å². The lowest BCUT2D eigenvalue weighted by atomic mass is 10.0. The highest BCUT2D eigenvalue weighted by molar-refractivity contribution is 7.98. The Bertz CT molecular complexity index is 2330. The van der Waals surface area contributed by atoms with Gasteiger partial charge in [-0.05, 0) is 68.2 Å². The summed E-state index contributed by atoms with van der Waals surface area (Å²) >= 11 is 1.31. The number of imidazole rings is 1. The maximum atomic E-state index is 14.3. The van der Waals surface area contributed by atoms with E-state index < -0.39 is 133 Å². The summed E-state index contributed by atoms with van der Waals surface area (Å²) in [5.74, 6) is -11.2. The molecule has 27 heteroatoms. The maximum Gasteiger partial charge on any atom is 0.326 e. The molecule has 396 valence electrons. The Kier molecular flexibility index (Phi) is 24.6. The van der Waals surface area contributed by atoms with Crippen molar-refractivity contribution in [1.29, 1.82) is 0 Å². The summed E-state index contributed by atoms with van der Waals surface area (Å²) in [7, 11) is 0. The molecule has 0 unspecified atom stereocenters. The standard InChI is InChI=1S/C45H66N12O14S/c1-23(2)37(45(70)71)57-40(65)30(13-15-72-3)52-43(68)33(18-36(61)62)55-39(64)29(10-6-7-14-46)51-44(69)34(21-58)56-41(66)31(16-24-19-49-28-9-5-4-8-26(24)28)54-42(67)32(17-25-20-48-22-50-25)53-38(63)27(47)11-12-35(59)60/h4-5,8-9,19-20,22-23,27,29-34,37,49,58H,6-7,10-18,21,46-47H2,1-3H3,(H,48,50)(H,51,69)(H,52,68)(H,53,63)(H,54,67)(H,55,64)(H,56,66)(H,57,65)(H,59,60)(H,61,62)(H,70,71)/t27-,29-,30-,31-,32-,33-,34-,37-/m0/s1. The first kappa shape index (κ1) is 59.2. The van der Waals surface area contributed by atoms with Gasteiger partial charge < -0.3 is 79.1 Å². The van der Waals surface area contributed by atoms with Gasteiger partial charge in [-0.3, -0.25) is 43.2 Å². The van der Waals surface area contributed by atoms with Gasteiger partial charge in [0.15, 0.2) is 0 Å². The molecule has 1 aromatic carbocycles. The quantitative estimate of drug-likeness (QED) is 0.0277. The number of para-hydroxylation sites is 1. The normalized spacial score (nSPS) is 14.5. The van der Waals surface area contributed by atoms with Crippen molar-refractivity contribution in [3.63, 3.8) is 0 Å². The number of aliphatic hydroxyl groups is 1. The summed E-state index contributed by atoms with van der Waals surface area (Å²) in [5.41, 5.74) is 13.2. The fraction of sp³-hybridized carbons (Fsp3) is 0.533. The minimum absolute atomic E-state index is 0.00247. The SMILES string of the molecule is CSCC[C@H](NC(=O)[C@H](CC(=O)O)NC(=O)[C@H](CCCCN)NC(=O)[C@H](CO)NC(=O)[C@H](Cc1c[nH]c2ccccc12)NC(=O)[C@H](Cc1cnc[nH]1)NC(=O)[C@@H](N)CCC(=O)O)C(=O)N[C@H](C(=O)O)C(C)C. The molecule has 0 saturated heterocycles. The predicted octanol–water partition coefficient (Wildman–Crippen LogP) is -2.65. The Morgan fingerprint density at radius 3 is 1.81 bits per heavy atom. The third-order valence-corrected chi connectivity index (χ3v) is 11.9. The molecule has 0 aliphatic carbocycles. The molecule has 0 bridgehead atoms. The Morgan fingerprint density at radius 2 is 1.22 bits per heavy atom. The van der Waals surface area contributed by atoms with Crippen LogP contribution in [0.15, 0.2) is 43.0 Å². The van der Waals surface area contributed by atoms with Gasteiger partial charge in [-0.1, -0.05) is 32.0 Å². The number of hydrogen-bond donors (Lipinski definition) is 15. The number of carboxylic acid groups (broad SMARTS) is 3. The first-order valence-corrected chi connectivity index (χ1v) is 24.4. The summed E-state index contributed by atoms with van der Waals surface area (Å²) in [4.78, 5) is 141. The lowest BCUT2D eigenvalue weighted by Gasteiger charge is -2.27. The number of fused-ring (bicyclic) bond motifs is 1. The van der Waals surface area contributed by atoms with Crippen LogP contribution >= 0.6 is 11.8 Å². The van der Waals surface area contributed by atoms with Crippen LogP contribution < -0.4 is 48.7 Å². The molecule has 3 rings (SSSR count). The number of hydrogen-bond acceptors (Lipinski definition) is 15. The van der Waals surface area contributed by atoms with E-state index in [-0.39, 0.29) is 45.1 Å². The number of rotatable bonds is 33. The number of amides is 7. The van der Waals surface area contributed by atoms with Crippen LogP contribution in [0.25, 0.3) is 10.9 Å². The number of aliphatic carboxylic acids is 3. The molecule has 0 radical (unpaired) electrons. The van der Waals surface area contributed by atoms with Gasteiger partial charge >= 0.3 is 17.9 Å². The summed E-state index contributed by atoms with van der Waals surface area (Å²) < 4.78 is 0. The van der Waals surface area contributed by atoms with Gasteiger partial charge in [0.1, 0.15) is 42.3 Å². The first-order chi connectivity index (χ1) is 34.2. The van der Waals surface area contributed by atoms with Gasteiger partial charge in [0, 0.05) is 48.3 Å². The number of unbranched alkanes of at least 4 members (excludes halogenated alkanes) is 1. The van der Waals surface area contributed by atoms with E-state index in [2.05, 4.69) is 52.2 Å². The first-order valence-electron chi connectivity index (χ1n) is 23.1. The third kappa shape index (κ3) is 19.2. The Balaban J connectivity index is 1.90. The monoisotopic (exact) mass is 1030 g/mol. The highest BCUT2D eigenvalue weighted by atomic mass is 32.2. The number of benzene rings is 1. The molecule has 26 nitrogen and oxygen atoms in total. The average molecular weight is 1030 g/mol. The van der Waals surface area contributed by atoms with E-state index in [4.69, 9.17) is 16.6 Å². The summed E-state index contributed by atoms with van der Waals surface area (Å²) in [5, 5.41) is 56.6. The van der Waals surface area contributed by atoms with Crippen molar-refractivity contribution < 1.29 is 68.4 Å². The van der Waals surface area contributed by atoms with Crippen molar-refractivity contribution in [2.24, 2.45) is 17.4 Å². The van der Waals surface area contributed by atoms with E-state index in [1.54, 1.807) is 50.6 Å². The van der Waals surface area contributed by atoms with Gasteiger partial charge in [-0.2, -0.15) is 11.8 Å². The van der Waals surface area contributed by atoms with Crippen LogP contribution in [-0.2, 0) is 60.8 Å². The van der Waals surface area contributed by atoms with Crippen molar-refractivity contribution in [2.45, 2.75) is 120 Å². The van der Waals surface area contributed by atoms with Crippen LogP contribution in [0, 0.1) is 5.92 Å². The number of carbonyl (C=O) groups excluding carboxylic acids is 7. The van der Waals surface area contributed by atoms with Crippen molar-refractivity contribution in [2.75, 3.05) is 25.2 Å². The Morgan fingerprint density at radius 1 is 0.667 bits per heavy atom. The second-order valence-electron chi connectivity index (χ2n) is 17.2. The van der Waals surface area contributed by atoms with Crippen LogP contribution in [0.1, 0.15) is 70.1 Å². The number of H-pyrrole nitrogens is 2. The lowest BCUT2D eigenvalue weighted by Crippen LogP contribution is -2.61. The molecule has 17 N–H and O–H groups in total. The minimum Gasteiger partial charge on any atom is -0.481 e. The van der Waals surface area contributed by atoms with Crippen molar-refractivity contribution in [1.82, 2.24) is 52.2 Å². The molecule has 2 aromatic heterocycles. The third-order valence-electron chi connectivity index (χ3n) is 11.2.